The van der Waals surface area contributed by atoms with Crippen LogP contribution in [0.5, 0.6) is 0 Å². The molecule has 4 aliphatic heterocycles. The maximum Gasteiger partial charge on any atom is 0.330 e. The molecule has 26 unspecified atom stereocenters. The molecule has 0 radical (unpaired) electrons. The Morgan fingerprint density at radius 1 is 0.615 bits per heavy atom. The van der Waals surface area contributed by atoms with Crippen molar-refractivity contribution in [3.63, 3.8) is 0 Å². The molecule has 65 heavy (non-hydrogen) atoms. The van der Waals surface area contributed by atoms with Gasteiger partial charge >= 0.3 is 5.97 Å². The lowest BCUT2D eigenvalue weighted by Crippen LogP contribution is -2.65. The van der Waals surface area contributed by atoms with E-state index in [4.69, 9.17) is 42.6 Å². The van der Waals surface area contributed by atoms with Crippen LogP contribution in [0.1, 0.15) is 57.8 Å². The monoisotopic (exact) mass is 941 g/mol. The SMILES string of the molecule is COC1CC(C=CC(=O)OCC2OC(OCC3OC(OC4CC5C(O)CC(O)CC5[OH+]C4C4CCC(O)C(O)C4)C(OC4OCC(O)C(O)C4O)C(O)C3O)C(O)C(O)C2O)CCC1O. The van der Waals surface area contributed by atoms with Gasteiger partial charge in [-0.3, -0.25) is 0 Å². The van der Waals surface area contributed by atoms with Crippen LogP contribution in [-0.2, 0) is 42.7 Å². The third-order valence-corrected chi connectivity index (χ3v) is 14.4. The van der Waals surface area contributed by atoms with E-state index in [1.807, 2.05) is 0 Å². The highest BCUT2D eigenvalue weighted by atomic mass is 16.8. The van der Waals surface area contributed by atoms with E-state index in [-0.39, 0.29) is 50.0 Å². The maximum atomic E-state index is 12.6. The van der Waals surface area contributed by atoms with Gasteiger partial charge in [-0.05, 0) is 50.9 Å². The van der Waals surface area contributed by atoms with Crippen molar-refractivity contribution < 1.29 is 114 Å². The molecule has 4 saturated heterocycles. The number of aliphatic hydroxyl groups is 15. The molecule has 0 amide bonds. The standard InChI is InChI=1S/C42H68O23/c1-57-26-8-16(2-5-21(26)45)3-7-30(49)58-14-28-32(51)34(53)37(56)40(63-28)60-15-29-33(52)35(54)39(65-41-36(55)31(50)24(48)13-59-41)42(64-29)62-27-12-19-22(46)10-18(43)11-25(19)61-38(27)17-4-6-20(44)23(47)9-17/h3,7,16-29,31-48,50-56H,2,4-6,8-15H2,1H3/p+1. The number of fused-ring (bicyclic) bond motifs is 1. The minimum atomic E-state index is -1.90. The number of esters is 1. The zero-order valence-electron chi connectivity index (χ0n) is 36.1. The van der Waals surface area contributed by atoms with Crippen LogP contribution < -0.4 is 0 Å². The Labute approximate surface area is 374 Å². The first-order chi connectivity index (χ1) is 30.9. The number of carbonyl (C=O) groups excluding carboxylic acids is 1. The predicted molar refractivity (Wildman–Crippen MR) is 214 cm³/mol. The molecule has 3 saturated carbocycles. The average molecular weight is 942 g/mol. The van der Waals surface area contributed by atoms with Gasteiger partial charge in [-0.15, -0.1) is 0 Å². The molecule has 374 valence electrons. The molecular weight excluding hydrogens is 872 g/mol. The molecule has 3 aliphatic carbocycles. The van der Waals surface area contributed by atoms with Gasteiger partial charge in [0.2, 0.25) is 0 Å². The van der Waals surface area contributed by atoms with Gasteiger partial charge in [0.05, 0.1) is 55.8 Å². The average Bonchev–Trinajstić information content (AvgIpc) is 3.28. The number of carbonyl (C=O) groups is 1. The fraction of sp³-hybridized carbons (Fsp3) is 0.929. The first-order valence-corrected chi connectivity index (χ1v) is 22.7. The highest BCUT2D eigenvalue weighted by Crippen LogP contribution is 2.43. The van der Waals surface area contributed by atoms with Gasteiger partial charge in [-0.1, -0.05) is 6.08 Å². The fourth-order valence-corrected chi connectivity index (χ4v) is 10.4. The molecule has 0 spiro atoms. The van der Waals surface area contributed by atoms with Crippen LogP contribution in [0.25, 0.3) is 0 Å². The number of ether oxygens (including phenoxy) is 9. The van der Waals surface area contributed by atoms with Crippen molar-refractivity contribution in [1.82, 2.24) is 0 Å². The van der Waals surface area contributed by atoms with E-state index in [0.29, 0.717) is 25.7 Å². The topological polar surface area (TPSA) is 367 Å². The Kier molecular flexibility index (Phi) is 17.7. The number of methoxy groups -OCH3 is 1. The lowest BCUT2D eigenvalue weighted by molar-refractivity contribution is -0.385. The molecule has 26 atom stereocenters. The summed E-state index contributed by atoms with van der Waals surface area (Å²) < 4.78 is 51.3. The number of aliphatic hydroxyl groups excluding tert-OH is 13. The summed E-state index contributed by atoms with van der Waals surface area (Å²) in [5, 5.41) is 139. The summed E-state index contributed by atoms with van der Waals surface area (Å²) in [6.45, 7) is -1.70. The Bertz CT molecular complexity index is 1540. The Balaban J connectivity index is 1.05. The van der Waals surface area contributed by atoms with Crippen LogP contribution in [0.3, 0.4) is 0 Å². The van der Waals surface area contributed by atoms with Crippen LogP contribution in [-0.4, -0.2) is 245 Å². The molecule has 23 heteroatoms. The van der Waals surface area contributed by atoms with Crippen molar-refractivity contribution in [3.8, 4) is 0 Å². The lowest BCUT2D eigenvalue weighted by atomic mass is 9.72. The van der Waals surface area contributed by atoms with Crippen molar-refractivity contribution in [2.75, 3.05) is 26.9 Å². The first-order valence-electron chi connectivity index (χ1n) is 22.7. The summed E-state index contributed by atoms with van der Waals surface area (Å²) in [5.41, 5.74) is 0. The highest BCUT2D eigenvalue weighted by molar-refractivity contribution is 5.81. The Morgan fingerprint density at radius 3 is 2.05 bits per heavy atom. The van der Waals surface area contributed by atoms with E-state index in [2.05, 4.69) is 0 Å². The maximum absolute atomic E-state index is 12.6. The molecule has 14 N–H and O–H groups in total. The van der Waals surface area contributed by atoms with Crippen molar-refractivity contribution in [2.45, 2.75) is 199 Å². The summed E-state index contributed by atoms with van der Waals surface area (Å²) >= 11 is 0. The fourth-order valence-electron chi connectivity index (χ4n) is 10.4. The van der Waals surface area contributed by atoms with E-state index in [9.17, 15) is 71.2 Å². The largest absolute Gasteiger partial charge is 0.460 e. The second-order valence-electron chi connectivity index (χ2n) is 18.8. The van der Waals surface area contributed by atoms with Crippen molar-refractivity contribution in [2.24, 2.45) is 17.8 Å². The number of hydrogen-bond donors (Lipinski definition) is 13. The quantitative estimate of drug-likeness (QED) is 0.0464. The normalized spacial score (nSPS) is 51.0. The van der Waals surface area contributed by atoms with E-state index in [1.165, 1.54) is 13.2 Å². The zero-order valence-corrected chi connectivity index (χ0v) is 36.1. The van der Waals surface area contributed by atoms with Gasteiger partial charge in [0.1, 0.15) is 79.9 Å². The third kappa shape index (κ3) is 11.9. The molecule has 0 aromatic rings. The van der Waals surface area contributed by atoms with Gasteiger partial charge in [-0.25, -0.2) is 4.79 Å². The summed E-state index contributed by atoms with van der Waals surface area (Å²) in [4.78, 5) is 12.6. The van der Waals surface area contributed by atoms with Crippen molar-refractivity contribution >= 4 is 5.97 Å². The minimum Gasteiger partial charge on any atom is -0.460 e. The molecule has 0 bridgehead atoms. The summed E-state index contributed by atoms with van der Waals surface area (Å²) in [6, 6.07) is 0. The molecule has 4 heterocycles. The highest BCUT2D eigenvalue weighted by Gasteiger charge is 2.56. The molecule has 23 nitrogen and oxygen atoms in total. The molecule has 7 rings (SSSR count). The molecule has 7 fully saturated rings. The van der Waals surface area contributed by atoms with Crippen molar-refractivity contribution in [3.05, 3.63) is 12.2 Å². The minimum absolute atomic E-state index is 0.0638. The molecular formula is C42H69O23+. The van der Waals surface area contributed by atoms with E-state index < -0.39 is 167 Å². The number of allylic oxidation sites excluding steroid dienone is 1. The molecule has 0 aromatic carbocycles. The van der Waals surface area contributed by atoms with Crippen LogP contribution in [0.2, 0.25) is 0 Å². The van der Waals surface area contributed by atoms with Gasteiger partial charge in [-0.2, -0.15) is 0 Å². The van der Waals surface area contributed by atoms with Crippen LogP contribution in [0, 0.1) is 17.8 Å². The number of rotatable bonds is 13. The lowest BCUT2D eigenvalue weighted by Gasteiger charge is -2.49. The first kappa shape index (κ1) is 51.2. The van der Waals surface area contributed by atoms with Crippen LogP contribution in [0.15, 0.2) is 12.2 Å². The van der Waals surface area contributed by atoms with E-state index in [0.717, 1.165) is 0 Å². The second kappa shape index (κ2) is 22.4. The van der Waals surface area contributed by atoms with Crippen molar-refractivity contribution in [1.29, 1.82) is 0 Å². The number of hydrogen-bond acceptors (Lipinski definition) is 22. The van der Waals surface area contributed by atoms with Gasteiger partial charge < -0.3 is 109 Å². The molecule has 0 aromatic heterocycles. The molecule has 7 aliphatic rings. The predicted octanol–water partition coefficient (Wildman–Crippen LogP) is -5.94. The van der Waals surface area contributed by atoms with Gasteiger partial charge in [0, 0.05) is 31.9 Å². The summed E-state index contributed by atoms with van der Waals surface area (Å²) in [7, 11) is 1.49. The zero-order chi connectivity index (χ0) is 46.9. The van der Waals surface area contributed by atoms with Crippen LogP contribution >= 0.6 is 0 Å². The summed E-state index contributed by atoms with van der Waals surface area (Å²) in [5.74, 6) is -1.69. The van der Waals surface area contributed by atoms with E-state index in [1.54, 1.807) is 6.08 Å². The Hall–Kier alpha value is -1.63. The summed E-state index contributed by atoms with van der Waals surface area (Å²) in [6.07, 6.45) is -24.9. The van der Waals surface area contributed by atoms with Crippen LogP contribution in [0.4, 0.5) is 0 Å². The van der Waals surface area contributed by atoms with Gasteiger partial charge in [0.15, 0.2) is 31.1 Å². The smallest absolute Gasteiger partial charge is 0.330 e. The van der Waals surface area contributed by atoms with Gasteiger partial charge in [0.25, 0.3) is 0 Å². The third-order valence-electron chi connectivity index (χ3n) is 14.4. The second-order valence-corrected chi connectivity index (χ2v) is 18.8. The van der Waals surface area contributed by atoms with E-state index >= 15 is 0 Å². The Morgan fingerprint density at radius 2 is 1.31 bits per heavy atom.